The summed E-state index contributed by atoms with van der Waals surface area (Å²) in [6.45, 7) is 0.954. The highest BCUT2D eigenvalue weighted by molar-refractivity contribution is 6.24. The van der Waals surface area contributed by atoms with Crippen molar-refractivity contribution in [3.05, 3.63) is 45.4 Å². The number of hydrogen-bond acceptors (Lipinski definition) is 10. The summed E-state index contributed by atoms with van der Waals surface area (Å²) in [6.07, 6.45) is 6.68. The molecule has 5 aliphatic rings. The molecule has 1 saturated carbocycles. The van der Waals surface area contributed by atoms with Crippen LogP contribution >= 0.6 is 0 Å². The molecule has 0 radical (unpaired) electrons. The van der Waals surface area contributed by atoms with Gasteiger partial charge in [0.1, 0.15) is 28.6 Å². The van der Waals surface area contributed by atoms with E-state index < -0.39 is 58.0 Å². The first kappa shape index (κ1) is 26.8. The summed E-state index contributed by atoms with van der Waals surface area (Å²) < 4.78 is 5.90. The van der Waals surface area contributed by atoms with Gasteiger partial charge in [0.2, 0.25) is 5.78 Å². The van der Waals surface area contributed by atoms with Crippen LogP contribution in [0.4, 0.5) is 0 Å². The van der Waals surface area contributed by atoms with Crippen molar-refractivity contribution in [2.45, 2.75) is 75.1 Å². The second-order valence-electron chi connectivity index (χ2n) is 11.8. The number of amides is 1. The summed E-state index contributed by atoms with van der Waals surface area (Å²) in [7, 11) is 1.53. The van der Waals surface area contributed by atoms with E-state index in [1.165, 1.54) is 20.0 Å². The van der Waals surface area contributed by atoms with Gasteiger partial charge >= 0.3 is 0 Å². The van der Waals surface area contributed by atoms with Gasteiger partial charge in [-0.05, 0) is 57.1 Å². The first-order valence-electron chi connectivity index (χ1n) is 13.9. The van der Waals surface area contributed by atoms with Gasteiger partial charge in [-0.3, -0.25) is 19.3 Å². The van der Waals surface area contributed by atoms with Crippen LogP contribution in [0.1, 0.15) is 72.5 Å². The number of phenols is 1. The van der Waals surface area contributed by atoms with Crippen molar-refractivity contribution < 1.29 is 39.5 Å². The normalized spacial score (nSPS) is 32.8. The van der Waals surface area contributed by atoms with Gasteiger partial charge in [0.25, 0.3) is 5.91 Å². The Kier molecular flexibility index (Phi) is 6.24. The Morgan fingerprint density at radius 1 is 1.12 bits per heavy atom. The number of nitrogens with two attached hydrogens (primary N) is 2. The minimum Gasteiger partial charge on any atom is -0.510 e. The lowest BCUT2D eigenvalue weighted by atomic mass is 9.59. The zero-order valence-electron chi connectivity index (χ0n) is 22.4. The molecule has 6 rings (SSSR count). The van der Waals surface area contributed by atoms with Crippen LogP contribution < -0.4 is 16.2 Å². The largest absolute Gasteiger partial charge is 0.510 e. The molecule has 0 aromatic heterocycles. The number of carbonyl (C=O) groups excluding carboxylic acids is 3. The van der Waals surface area contributed by atoms with Gasteiger partial charge in [-0.2, -0.15) is 0 Å². The van der Waals surface area contributed by atoms with Gasteiger partial charge in [0.15, 0.2) is 11.4 Å². The third-order valence-corrected chi connectivity index (χ3v) is 9.88. The molecule has 1 aromatic carbocycles. The number of rotatable bonds is 4. The van der Waals surface area contributed by atoms with Gasteiger partial charge < -0.3 is 36.6 Å². The van der Waals surface area contributed by atoms with E-state index in [2.05, 4.69) is 4.90 Å². The summed E-state index contributed by atoms with van der Waals surface area (Å²) in [6, 6.07) is 0.686. The summed E-state index contributed by atoms with van der Waals surface area (Å²) in [4.78, 5) is 41.5. The fraction of sp³-hybridized carbons (Fsp3) is 0.552. The Labute approximate surface area is 231 Å². The standard InChI is InChI=1S/C29H35N3O8/c1-40-25-14(17-7-4-8-32(17)13-5-2-3-6-13)11-18(33)20-15(25)9-12-10-16-22(30)24(35)21(28(31)38)27(37)29(16,39)26(36)19(12)23(20)34/h11-13,16-17,22,33,35-36,39H,2-10,30H2,1H3,(H2,31,38)/t12-,16-,17-,22-,29-/m0/s1. The fourth-order valence-electron chi connectivity index (χ4n) is 8.07. The van der Waals surface area contributed by atoms with Crippen molar-refractivity contribution in [2.75, 3.05) is 13.7 Å². The maximum absolute atomic E-state index is 13.9. The Morgan fingerprint density at radius 3 is 2.48 bits per heavy atom. The molecule has 40 heavy (non-hydrogen) atoms. The number of phenolic OH excluding ortho intramolecular Hbond substituents is 1. The minimum absolute atomic E-state index is 0.0323. The van der Waals surface area contributed by atoms with Crippen molar-refractivity contribution in [2.24, 2.45) is 23.3 Å². The van der Waals surface area contributed by atoms with Crippen molar-refractivity contribution in [1.29, 1.82) is 0 Å². The lowest BCUT2D eigenvalue weighted by Crippen LogP contribution is -2.63. The molecular weight excluding hydrogens is 518 g/mol. The number of carbonyl (C=O) groups is 3. The lowest BCUT2D eigenvalue weighted by molar-refractivity contribution is -0.145. The number of fused-ring (bicyclic) bond motifs is 3. The molecule has 1 aromatic rings. The number of benzene rings is 1. The second kappa shape index (κ2) is 9.32. The molecule has 8 N–H and O–H groups in total. The SMILES string of the molecule is COc1c([C@@H]2CCCN2C2CCCC2)cc(O)c2c1C[C@H]1C[C@H]3[C@H](N)C(O)=C(C(N)=O)C(=O)[C@@]3(O)C(O)=C1C2=O. The predicted molar refractivity (Wildman–Crippen MR) is 142 cm³/mol. The van der Waals surface area contributed by atoms with E-state index in [4.69, 9.17) is 16.2 Å². The van der Waals surface area contributed by atoms with Crippen molar-refractivity contribution >= 4 is 17.5 Å². The lowest BCUT2D eigenvalue weighted by Gasteiger charge is -2.47. The number of aliphatic hydroxyl groups excluding tert-OH is 2. The molecule has 5 atom stereocenters. The smallest absolute Gasteiger partial charge is 0.255 e. The number of Topliss-reactive ketones (excluding diaryl/α,β-unsaturated/α-hetero) is 2. The summed E-state index contributed by atoms with van der Waals surface area (Å²) >= 11 is 0. The number of aromatic hydroxyl groups is 1. The Hall–Kier alpha value is -3.41. The van der Waals surface area contributed by atoms with E-state index >= 15 is 0 Å². The Morgan fingerprint density at radius 2 is 1.82 bits per heavy atom. The molecule has 11 nitrogen and oxygen atoms in total. The molecule has 0 spiro atoms. The van der Waals surface area contributed by atoms with Crippen LogP contribution in [0.3, 0.4) is 0 Å². The Balaban J connectivity index is 1.47. The average Bonchev–Trinajstić information content (AvgIpc) is 3.61. The molecule has 214 valence electrons. The quantitative estimate of drug-likeness (QED) is 0.298. The maximum atomic E-state index is 13.9. The number of ether oxygens (including phenoxy) is 1. The second-order valence-corrected chi connectivity index (χ2v) is 11.8. The molecular formula is C29H35N3O8. The van der Waals surface area contributed by atoms with Crippen LogP contribution in [-0.4, -0.2) is 74.1 Å². The number of allylic oxidation sites excluding steroid dienone is 1. The van der Waals surface area contributed by atoms with E-state index in [1.54, 1.807) is 6.07 Å². The monoisotopic (exact) mass is 553 g/mol. The van der Waals surface area contributed by atoms with Gasteiger partial charge in [-0.15, -0.1) is 0 Å². The number of likely N-dealkylation sites (tertiary alicyclic amines) is 1. The topological polar surface area (TPSA) is 197 Å². The van der Waals surface area contributed by atoms with Crippen molar-refractivity contribution in [3.8, 4) is 11.5 Å². The molecule has 2 fully saturated rings. The number of methoxy groups -OCH3 is 1. The number of hydrogen-bond donors (Lipinski definition) is 6. The highest BCUT2D eigenvalue weighted by Crippen LogP contribution is 2.54. The third-order valence-electron chi connectivity index (χ3n) is 9.88. The minimum atomic E-state index is -2.72. The van der Waals surface area contributed by atoms with Gasteiger partial charge in [-0.25, -0.2) is 0 Å². The number of nitrogens with zero attached hydrogens (tertiary/aromatic N) is 1. The molecule has 4 aliphatic carbocycles. The molecule has 1 amide bonds. The first-order chi connectivity index (χ1) is 19.0. The van der Waals surface area contributed by atoms with E-state index in [0.29, 0.717) is 17.4 Å². The number of primary amides is 1. The number of ketones is 2. The van der Waals surface area contributed by atoms with Crippen LogP contribution in [-0.2, 0) is 16.0 Å². The van der Waals surface area contributed by atoms with Crippen LogP contribution in [0.25, 0.3) is 0 Å². The molecule has 1 aliphatic heterocycles. The first-order valence-corrected chi connectivity index (χ1v) is 13.9. The van der Waals surface area contributed by atoms with Crippen LogP contribution in [0.15, 0.2) is 28.7 Å². The van der Waals surface area contributed by atoms with E-state index in [0.717, 1.165) is 37.8 Å². The van der Waals surface area contributed by atoms with E-state index in [1.807, 2.05) is 0 Å². The summed E-state index contributed by atoms with van der Waals surface area (Å²) in [5, 5.41) is 44.5. The third kappa shape index (κ3) is 3.50. The summed E-state index contributed by atoms with van der Waals surface area (Å²) in [5.41, 5.74) is 8.85. The van der Waals surface area contributed by atoms with Gasteiger partial charge in [0, 0.05) is 34.7 Å². The average molecular weight is 554 g/mol. The molecule has 1 saturated heterocycles. The van der Waals surface area contributed by atoms with Crippen molar-refractivity contribution in [3.63, 3.8) is 0 Å². The van der Waals surface area contributed by atoms with Crippen LogP contribution in [0.5, 0.6) is 11.5 Å². The zero-order chi connectivity index (χ0) is 28.7. The van der Waals surface area contributed by atoms with Crippen molar-refractivity contribution in [1.82, 2.24) is 4.90 Å². The Bertz CT molecular complexity index is 1390. The highest BCUT2D eigenvalue weighted by atomic mass is 16.5. The maximum Gasteiger partial charge on any atom is 0.255 e. The van der Waals surface area contributed by atoms with E-state index in [9.17, 15) is 34.8 Å². The number of aliphatic hydroxyl groups is 3. The fourth-order valence-corrected chi connectivity index (χ4v) is 8.07. The molecule has 11 heteroatoms. The van der Waals surface area contributed by atoms with Gasteiger partial charge in [0.05, 0.1) is 18.7 Å². The van der Waals surface area contributed by atoms with Crippen LogP contribution in [0.2, 0.25) is 0 Å². The van der Waals surface area contributed by atoms with E-state index in [-0.39, 0.29) is 35.8 Å². The molecule has 0 bridgehead atoms. The molecule has 0 unspecified atom stereocenters. The van der Waals surface area contributed by atoms with Crippen LogP contribution in [0, 0.1) is 11.8 Å². The molecule has 1 heterocycles. The highest BCUT2D eigenvalue weighted by Gasteiger charge is 2.62. The van der Waals surface area contributed by atoms with Gasteiger partial charge in [-0.1, -0.05) is 12.8 Å². The summed E-state index contributed by atoms with van der Waals surface area (Å²) in [5.74, 6) is -6.69. The zero-order valence-corrected chi connectivity index (χ0v) is 22.4. The predicted octanol–water partition coefficient (Wildman–Crippen LogP) is 1.61.